The molecule has 1 heterocycles. The molecule has 2 unspecified atom stereocenters. The van der Waals surface area contributed by atoms with Gasteiger partial charge in [0.1, 0.15) is 6.04 Å². The van der Waals surface area contributed by atoms with Gasteiger partial charge in [0.25, 0.3) is 0 Å². The summed E-state index contributed by atoms with van der Waals surface area (Å²) >= 11 is 0. The van der Waals surface area contributed by atoms with Crippen molar-refractivity contribution in [1.29, 1.82) is 0 Å². The molecule has 2 amide bonds. The van der Waals surface area contributed by atoms with Crippen LogP contribution in [0, 0.1) is 17.3 Å². The zero-order valence-electron chi connectivity index (χ0n) is 20.4. The Morgan fingerprint density at radius 3 is 2.61 bits per heavy atom. The van der Waals surface area contributed by atoms with Gasteiger partial charge in [-0.1, -0.05) is 38.8 Å². The molecule has 2 atom stereocenters. The number of carbonyl (C=O) groups excluding carboxylic acids is 2. The van der Waals surface area contributed by atoms with E-state index in [2.05, 4.69) is 29.4 Å². The summed E-state index contributed by atoms with van der Waals surface area (Å²) < 4.78 is 5.53. The fourth-order valence-corrected chi connectivity index (χ4v) is 5.40. The number of rotatable bonds is 11. The number of ether oxygens (including phenoxy) is 1. The van der Waals surface area contributed by atoms with Crippen molar-refractivity contribution in [2.75, 3.05) is 38.2 Å². The van der Waals surface area contributed by atoms with Crippen LogP contribution >= 0.6 is 0 Å². The standard InChI is InChI=1S/C27H41N3O3/c1-3-6-21(20-9-10-20)18-24(31)29-23-8-4-7-22(17-23)25(30-13-15-33-16-14-30)26(32)28-19-27(2)11-5-12-27/h4,7-8,17,20-21,25H,3,5-6,9-16,18-19H2,1-2H3,(H,28,32)(H,29,31). The van der Waals surface area contributed by atoms with Crippen molar-refractivity contribution in [3.05, 3.63) is 29.8 Å². The van der Waals surface area contributed by atoms with Gasteiger partial charge in [-0.15, -0.1) is 0 Å². The highest BCUT2D eigenvalue weighted by atomic mass is 16.5. The molecule has 182 valence electrons. The Morgan fingerprint density at radius 1 is 1.21 bits per heavy atom. The van der Waals surface area contributed by atoms with Crippen LogP contribution in [0.3, 0.4) is 0 Å². The molecule has 33 heavy (non-hydrogen) atoms. The van der Waals surface area contributed by atoms with E-state index in [1.165, 1.54) is 32.1 Å². The first kappa shape index (κ1) is 24.2. The molecule has 6 heteroatoms. The summed E-state index contributed by atoms with van der Waals surface area (Å²) in [6, 6.07) is 7.49. The van der Waals surface area contributed by atoms with Crippen LogP contribution in [0.25, 0.3) is 0 Å². The molecule has 2 saturated carbocycles. The number of morpholine rings is 1. The van der Waals surface area contributed by atoms with Crippen LogP contribution in [0.4, 0.5) is 5.69 Å². The number of benzene rings is 1. The van der Waals surface area contributed by atoms with Gasteiger partial charge in [-0.2, -0.15) is 0 Å². The zero-order chi connectivity index (χ0) is 23.3. The summed E-state index contributed by atoms with van der Waals surface area (Å²) in [7, 11) is 0. The largest absolute Gasteiger partial charge is 0.379 e. The summed E-state index contributed by atoms with van der Waals surface area (Å²) in [4.78, 5) is 28.4. The van der Waals surface area contributed by atoms with E-state index in [1.807, 2.05) is 24.3 Å². The first-order valence-corrected chi connectivity index (χ1v) is 13.0. The molecule has 0 aromatic heterocycles. The minimum Gasteiger partial charge on any atom is -0.379 e. The van der Waals surface area contributed by atoms with Crippen LogP contribution in [-0.2, 0) is 14.3 Å². The van der Waals surface area contributed by atoms with Crippen molar-refractivity contribution in [3.63, 3.8) is 0 Å². The van der Waals surface area contributed by atoms with Gasteiger partial charge in [-0.25, -0.2) is 0 Å². The molecular formula is C27H41N3O3. The Kier molecular flexibility index (Phi) is 8.07. The number of hydrogen-bond acceptors (Lipinski definition) is 4. The quantitative estimate of drug-likeness (QED) is 0.515. The third-order valence-corrected chi connectivity index (χ3v) is 7.79. The number of carbonyl (C=O) groups is 2. The van der Waals surface area contributed by atoms with E-state index in [0.29, 0.717) is 25.6 Å². The second-order valence-corrected chi connectivity index (χ2v) is 10.7. The first-order valence-electron chi connectivity index (χ1n) is 13.0. The number of nitrogens with one attached hydrogen (secondary N) is 2. The minimum atomic E-state index is -0.367. The Balaban J connectivity index is 1.44. The maximum Gasteiger partial charge on any atom is 0.241 e. The molecular weight excluding hydrogens is 414 g/mol. The van der Waals surface area contributed by atoms with Crippen molar-refractivity contribution < 1.29 is 14.3 Å². The van der Waals surface area contributed by atoms with Gasteiger partial charge in [0.05, 0.1) is 13.2 Å². The molecule has 6 nitrogen and oxygen atoms in total. The number of amides is 2. The SMILES string of the molecule is CCCC(CC(=O)Nc1cccc(C(C(=O)NCC2(C)CCC2)N2CCOCC2)c1)C1CC1. The average Bonchev–Trinajstić information content (AvgIpc) is 3.63. The van der Waals surface area contributed by atoms with Gasteiger partial charge in [0.2, 0.25) is 11.8 Å². The molecule has 3 fully saturated rings. The van der Waals surface area contributed by atoms with Crippen molar-refractivity contribution in [2.45, 2.75) is 71.3 Å². The maximum atomic E-state index is 13.4. The van der Waals surface area contributed by atoms with Crippen LogP contribution in [-0.4, -0.2) is 49.6 Å². The third kappa shape index (κ3) is 6.57. The Hall–Kier alpha value is -1.92. The lowest BCUT2D eigenvalue weighted by Crippen LogP contribution is -2.48. The summed E-state index contributed by atoms with van der Waals surface area (Å²) in [6.07, 6.45) is 8.98. The van der Waals surface area contributed by atoms with Crippen LogP contribution in [0.15, 0.2) is 24.3 Å². The lowest BCUT2D eigenvalue weighted by Gasteiger charge is -2.40. The van der Waals surface area contributed by atoms with Crippen molar-refractivity contribution in [1.82, 2.24) is 10.2 Å². The summed E-state index contributed by atoms with van der Waals surface area (Å²) in [5, 5.41) is 6.34. The number of hydrogen-bond donors (Lipinski definition) is 2. The van der Waals surface area contributed by atoms with Gasteiger partial charge < -0.3 is 15.4 Å². The highest BCUT2D eigenvalue weighted by Gasteiger charge is 2.35. The van der Waals surface area contributed by atoms with Crippen LogP contribution in [0.2, 0.25) is 0 Å². The molecule has 2 N–H and O–H groups in total. The minimum absolute atomic E-state index is 0.0465. The van der Waals surface area contributed by atoms with Crippen molar-refractivity contribution in [3.8, 4) is 0 Å². The molecule has 1 saturated heterocycles. The van der Waals surface area contributed by atoms with Crippen molar-refractivity contribution in [2.24, 2.45) is 17.3 Å². The summed E-state index contributed by atoms with van der Waals surface area (Å²) in [5.74, 6) is 1.36. The lowest BCUT2D eigenvalue weighted by molar-refractivity contribution is -0.129. The summed E-state index contributed by atoms with van der Waals surface area (Å²) in [5.41, 5.74) is 1.94. The molecule has 1 aromatic carbocycles. The van der Waals surface area contributed by atoms with Crippen LogP contribution in [0.5, 0.6) is 0 Å². The molecule has 1 aromatic rings. The van der Waals surface area contributed by atoms with E-state index >= 15 is 0 Å². The van der Waals surface area contributed by atoms with E-state index < -0.39 is 0 Å². The van der Waals surface area contributed by atoms with Crippen LogP contribution < -0.4 is 10.6 Å². The smallest absolute Gasteiger partial charge is 0.241 e. The highest BCUT2D eigenvalue weighted by molar-refractivity contribution is 5.91. The summed E-state index contributed by atoms with van der Waals surface area (Å²) in [6.45, 7) is 7.90. The molecule has 0 radical (unpaired) electrons. The molecule has 3 aliphatic rings. The molecule has 4 rings (SSSR count). The van der Waals surface area contributed by atoms with Gasteiger partial charge in [0, 0.05) is 31.7 Å². The number of anilines is 1. The molecule has 2 aliphatic carbocycles. The van der Waals surface area contributed by atoms with Gasteiger partial charge in [-0.3, -0.25) is 14.5 Å². The lowest BCUT2D eigenvalue weighted by atomic mass is 9.70. The number of nitrogens with zero attached hydrogens (tertiary/aromatic N) is 1. The first-order chi connectivity index (χ1) is 16.0. The monoisotopic (exact) mass is 455 g/mol. The molecule has 1 aliphatic heterocycles. The zero-order valence-corrected chi connectivity index (χ0v) is 20.4. The Bertz CT molecular complexity index is 813. The average molecular weight is 456 g/mol. The Morgan fingerprint density at radius 2 is 1.97 bits per heavy atom. The van der Waals surface area contributed by atoms with E-state index in [4.69, 9.17) is 4.74 Å². The van der Waals surface area contributed by atoms with E-state index in [1.54, 1.807) is 0 Å². The second kappa shape index (κ2) is 11.0. The molecule has 0 bridgehead atoms. The third-order valence-electron chi connectivity index (χ3n) is 7.79. The van der Waals surface area contributed by atoms with E-state index in [-0.39, 0.29) is 23.3 Å². The fraction of sp³-hybridized carbons (Fsp3) is 0.704. The molecule has 0 spiro atoms. The highest BCUT2D eigenvalue weighted by Crippen LogP contribution is 2.41. The predicted octanol–water partition coefficient (Wildman–Crippen LogP) is 4.52. The van der Waals surface area contributed by atoms with Gasteiger partial charge in [-0.05, 0) is 67.1 Å². The predicted molar refractivity (Wildman–Crippen MR) is 131 cm³/mol. The second-order valence-electron chi connectivity index (χ2n) is 10.7. The van der Waals surface area contributed by atoms with E-state index in [9.17, 15) is 9.59 Å². The normalized spacial score (nSPS) is 22.1. The van der Waals surface area contributed by atoms with E-state index in [0.717, 1.165) is 49.6 Å². The van der Waals surface area contributed by atoms with Crippen LogP contribution in [0.1, 0.15) is 76.8 Å². The fourth-order valence-electron chi connectivity index (χ4n) is 5.40. The topological polar surface area (TPSA) is 70.7 Å². The Labute approximate surface area is 198 Å². The maximum absolute atomic E-state index is 13.4. The van der Waals surface area contributed by atoms with Gasteiger partial charge >= 0.3 is 0 Å². The van der Waals surface area contributed by atoms with Gasteiger partial charge in [0.15, 0.2) is 0 Å². The van der Waals surface area contributed by atoms with Crippen molar-refractivity contribution >= 4 is 17.5 Å².